The molecule has 2 rings (SSSR count). The van der Waals surface area contributed by atoms with Crippen molar-refractivity contribution in [1.29, 1.82) is 0 Å². The zero-order valence-electron chi connectivity index (χ0n) is 9.94. The number of hydrogen-bond donors (Lipinski definition) is 1. The molecule has 1 N–H and O–H groups in total. The lowest BCUT2D eigenvalue weighted by Gasteiger charge is -2.23. The highest BCUT2D eigenvalue weighted by molar-refractivity contribution is 5.31. The van der Waals surface area contributed by atoms with E-state index in [9.17, 15) is 5.11 Å². The Hall–Kier alpha value is -1.06. The first-order valence-corrected chi connectivity index (χ1v) is 5.77. The fraction of sp³-hybridized carbons (Fsp3) is 0.538. The van der Waals surface area contributed by atoms with Gasteiger partial charge >= 0.3 is 0 Å². The molecule has 3 heteroatoms. The summed E-state index contributed by atoms with van der Waals surface area (Å²) in [5.41, 5.74) is 0.312. The Morgan fingerprint density at radius 3 is 2.56 bits per heavy atom. The number of benzene rings is 1. The first-order valence-electron chi connectivity index (χ1n) is 5.77. The van der Waals surface area contributed by atoms with Crippen molar-refractivity contribution in [3.8, 4) is 5.75 Å². The minimum Gasteiger partial charge on any atom is -0.497 e. The van der Waals surface area contributed by atoms with Gasteiger partial charge in [0, 0.05) is 13.1 Å². The van der Waals surface area contributed by atoms with Gasteiger partial charge in [-0.25, -0.2) is 0 Å². The van der Waals surface area contributed by atoms with Gasteiger partial charge in [-0.2, -0.15) is 0 Å². The molecular formula is C13H19NO2. The Kier molecular flexibility index (Phi) is 3.17. The summed E-state index contributed by atoms with van der Waals surface area (Å²) in [5.74, 6) is 0.831. The number of methoxy groups -OCH3 is 1. The van der Waals surface area contributed by atoms with Crippen LogP contribution in [0.2, 0.25) is 0 Å². The molecule has 16 heavy (non-hydrogen) atoms. The van der Waals surface area contributed by atoms with Crippen molar-refractivity contribution in [2.45, 2.75) is 18.9 Å². The van der Waals surface area contributed by atoms with Crippen LogP contribution in [0.15, 0.2) is 24.3 Å². The van der Waals surface area contributed by atoms with Crippen molar-refractivity contribution < 1.29 is 9.84 Å². The van der Waals surface area contributed by atoms with E-state index >= 15 is 0 Å². The summed E-state index contributed by atoms with van der Waals surface area (Å²) in [6.45, 7) is 4.83. The first kappa shape index (κ1) is 11.4. The maximum absolute atomic E-state index is 10.5. The summed E-state index contributed by atoms with van der Waals surface area (Å²) < 4.78 is 5.11. The van der Waals surface area contributed by atoms with Gasteiger partial charge in [-0.3, -0.25) is 0 Å². The third kappa shape index (κ3) is 2.06. The molecule has 1 fully saturated rings. The Bertz CT molecular complexity index is 349. The van der Waals surface area contributed by atoms with Crippen LogP contribution in [-0.2, 0) is 5.60 Å². The van der Waals surface area contributed by atoms with Gasteiger partial charge in [0.1, 0.15) is 11.4 Å². The van der Waals surface area contributed by atoms with Crippen molar-refractivity contribution in [3.63, 3.8) is 0 Å². The van der Waals surface area contributed by atoms with Crippen LogP contribution in [0.3, 0.4) is 0 Å². The van der Waals surface area contributed by atoms with Crippen molar-refractivity contribution in [2.24, 2.45) is 0 Å². The van der Waals surface area contributed by atoms with Crippen LogP contribution >= 0.6 is 0 Å². The molecule has 1 heterocycles. The van der Waals surface area contributed by atoms with Crippen LogP contribution in [0.4, 0.5) is 0 Å². The molecule has 1 atom stereocenters. The quantitative estimate of drug-likeness (QED) is 0.841. The highest BCUT2D eigenvalue weighted by Crippen LogP contribution is 2.32. The maximum Gasteiger partial charge on any atom is 0.118 e. The molecule has 0 spiro atoms. The molecule has 3 nitrogen and oxygen atoms in total. The Morgan fingerprint density at radius 1 is 1.38 bits per heavy atom. The summed E-state index contributed by atoms with van der Waals surface area (Å²) >= 11 is 0. The van der Waals surface area contributed by atoms with Crippen LogP contribution in [-0.4, -0.2) is 36.8 Å². The van der Waals surface area contributed by atoms with E-state index in [1.165, 1.54) is 0 Å². The van der Waals surface area contributed by atoms with Crippen molar-refractivity contribution in [3.05, 3.63) is 29.8 Å². The van der Waals surface area contributed by atoms with E-state index < -0.39 is 5.60 Å². The van der Waals surface area contributed by atoms with Gasteiger partial charge in [0.2, 0.25) is 0 Å². The summed E-state index contributed by atoms with van der Waals surface area (Å²) in [6, 6.07) is 7.72. The van der Waals surface area contributed by atoms with E-state index in [2.05, 4.69) is 11.8 Å². The lowest BCUT2D eigenvalue weighted by molar-refractivity contribution is 0.0467. The lowest BCUT2D eigenvalue weighted by atomic mass is 9.93. The normalized spacial score (nSPS) is 25.9. The van der Waals surface area contributed by atoms with Gasteiger partial charge in [0.05, 0.1) is 7.11 Å². The lowest BCUT2D eigenvalue weighted by Crippen LogP contribution is -2.30. The number of likely N-dealkylation sites (N-methyl/N-ethyl adjacent to an activating group) is 1. The third-order valence-corrected chi connectivity index (χ3v) is 3.40. The molecule has 0 bridgehead atoms. The van der Waals surface area contributed by atoms with Gasteiger partial charge in [-0.15, -0.1) is 0 Å². The first-order chi connectivity index (χ1) is 7.68. The van der Waals surface area contributed by atoms with E-state index in [0.29, 0.717) is 0 Å². The zero-order valence-corrected chi connectivity index (χ0v) is 9.94. The maximum atomic E-state index is 10.5. The smallest absolute Gasteiger partial charge is 0.118 e. The second-order valence-corrected chi connectivity index (χ2v) is 4.38. The van der Waals surface area contributed by atoms with Gasteiger partial charge in [0.25, 0.3) is 0 Å². The Balaban J connectivity index is 2.17. The molecular weight excluding hydrogens is 202 g/mol. The summed E-state index contributed by atoms with van der Waals surface area (Å²) in [6.07, 6.45) is 0.813. The Labute approximate surface area is 96.6 Å². The highest BCUT2D eigenvalue weighted by Gasteiger charge is 2.36. The fourth-order valence-corrected chi connectivity index (χ4v) is 2.28. The number of hydrogen-bond acceptors (Lipinski definition) is 3. The van der Waals surface area contributed by atoms with Gasteiger partial charge in [-0.05, 0) is 30.7 Å². The van der Waals surface area contributed by atoms with E-state index in [0.717, 1.165) is 37.4 Å². The number of β-amino-alcohol motifs (C(OH)–C–C–N with tert-alkyl or cyclic N) is 1. The summed E-state index contributed by atoms with van der Waals surface area (Å²) in [5, 5.41) is 10.5. The van der Waals surface area contributed by atoms with E-state index in [-0.39, 0.29) is 0 Å². The van der Waals surface area contributed by atoms with Gasteiger partial charge < -0.3 is 14.7 Å². The predicted molar refractivity (Wildman–Crippen MR) is 63.6 cm³/mol. The molecule has 1 unspecified atom stereocenters. The second kappa shape index (κ2) is 4.44. The molecule has 88 valence electrons. The zero-order chi connectivity index (χ0) is 11.6. The standard InChI is InChI=1S/C13H19NO2/c1-3-14-9-8-13(15,10-14)11-4-6-12(16-2)7-5-11/h4-7,15H,3,8-10H2,1-2H3. The predicted octanol–water partition coefficient (Wildman–Crippen LogP) is 1.61. The third-order valence-electron chi connectivity index (χ3n) is 3.40. The van der Waals surface area contributed by atoms with Crippen LogP contribution in [0.25, 0.3) is 0 Å². The monoisotopic (exact) mass is 221 g/mol. The average molecular weight is 221 g/mol. The molecule has 0 aliphatic carbocycles. The highest BCUT2D eigenvalue weighted by atomic mass is 16.5. The molecule has 1 aliphatic heterocycles. The van der Waals surface area contributed by atoms with Crippen molar-refractivity contribution in [1.82, 2.24) is 4.90 Å². The summed E-state index contributed by atoms with van der Waals surface area (Å²) in [7, 11) is 1.65. The molecule has 1 saturated heterocycles. The molecule has 0 aromatic heterocycles. The average Bonchev–Trinajstić information content (AvgIpc) is 2.73. The fourth-order valence-electron chi connectivity index (χ4n) is 2.28. The van der Waals surface area contributed by atoms with Gasteiger partial charge in [-0.1, -0.05) is 19.1 Å². The van der Waals surface area contributed by atoms with E-state index in [1.807, 2.05) is 24.3 Å². The molecule has 0 amide bonds. The van der Waals surface area contributed by atoms with Crippen LogP contribution in [0.1, 0.15) is 18.9 Å². The SMILES string of the molecule is CCN1CCC(O)(c2ccc(OC)cc2)C1. The van der Waals surface area contributed by atoms with E-state index in [1.54, 1.807) is 7.11 Å². The molecule has 1 aromatic carbocycles. The largest absolute Gasteiger partial charge is 0.497 e. The minimum absolute atomic E-state index is 0.678. The topological polar surface area (TPSA) is 32.7 Å². The van der Waals surface area contributed by atoms with Crippen molar-refractivity contribution >= 4 is 0 Å². The number of ether oxygens (including phenoxy) is 1. The van der Waals surface area contributed by atoms with Gasteiger partial charge in [0.15, 0.2) is 0 Å². The van der Waals surface area contributed by atoms with Crippen LogP contribution in [0, 0.1) is 0 Å². The summed E-state index contributed by atoms with van der Waals surface area (Å²) in [4.78, 5) is 2.27. The molecule has 0 saturated carbocycles. The van der Waals surface area contributed by atoms with E-state index in [4.69, 9.17) is 4.74 Å². The minimum atomic E-state index is -0.678. The second-order valence-electron chi connectivity index (χ2n) is 4.38. The molecule has 0 radical (unpaired) electrons. The van der Waals surface area contributed by atoms with Crippen molar-refractivity contribution in [2.75, 3.05) is 26.7 Å². The van der Waals surface area contributed by atoms with Crippen LogP contribution < -0.4 is 4.74 Å². The number of likely N-dealkylation sites (tertiary alicyclic amines) is 1. The Morgan fingerprint density at radius 2 is 2.06 bits per heavy atom. The molecule has 1 aromatic rings. The number of aliphatic hydroxyl groups is 1. The number of nitrogens with zero attached hydrogens (tertiary/aromatic N) is 1. The number of rotatable bonds is 3. The molecule has 1 aliphatic rings. The van der Waals surface area contributed by atoms with Crippen LogP contribution in [0.5, 0.6) is 5.75 Å².